The van der Waals surface area contributed by atoms with E-state index < -0.39 is 0 Å². The molecule has 0 spiro atoms. The van der Waals surface area contributed by atoms with Gasteiger partial charge in [0.2, 0.25) is 0 Å². The van der Waals surface area contributed by atoms with Crippen LogP contribution in [0.2, 0.25) is 0 Å². The predicted molar refractivity (Wildman–Crippen MR) is 34.5 cm³/mol. The Balaban J connectivity index is -0.000000125. The van der Waals surface area contributed by atoms with E-state index in [4.69, 9.17) is 0 Å². The third-order valence-electron chi connectivity index (χ3n) is 0.0833. The molecule has 0 radical (unpaired) electrons. The van der Waals surface area contributed by atoms with Crippen molar-refractivity contribution >= 4 is 73.6 Å². The van der Waals surface area contributed by atoms with E-state index in [1.165, 1.54) is 0 Å². The second-order valence-corrected chi connectivity index (χ2v) is 38.2. The Labute approximate surface area is 129 Å². The molecule has 0 fully saturated rings. The van der Waals surface area contributed by atoms with Crippen molar-refractivity contribution in [3.8, 4) is 0 Å². The Kier molecular flexibility index (Phi) is 42.4. The summed E-state index contributed by atoms with van der Waals surface area (Å²) in [6, 6.07) is 0. The topological polar surface area (TPSA) is 0 Å². The molecule has 0 aliphatic rings. The average Bonchev–Trinajstić information content (AvgIpc) is 1.61. The Hall–Kier alpha value is 5.12. The van der Waals surface area contributed by atoms with E-state index in [-0.39, 0.29) is 59.1 Å². The van der Waals surface area contributed by atoms with Gasteiger partial charge in [-0.2, -0.15) is 0 Å². The van der Waals surface area contributed by atoms with E-state index in [0.29, 0.717) is 0 Å². The Bertz CT molecular complexity index is 18.5. The minimum absolute atomic E-state index is 0. The number of hydrogen-bond donors (Lipinski definition) is 0. The van der Waals surface area contributed by atoms with Crippen LogP contribution in [-0.4, -0.2) is 73.6 Å². The predicted octanol–water partition coefficient (Wildman–Crippen LogP) is -8.28. The number of rotatable bonds is 3. The van der Waals surface area contributed by atoms with Gasteiger partial charge in [-0.25, -0.2) is 0 Å². The van der Waals surface area contributed by atoms with Crippen LogP contribution in [0.3, 0.4) is 0 Å². The van der Waals surface area contributed by atoms with Gasteiger partial charge >= 0.3 is 133 Å². The second-order valence-electron chi connectivity index (χ2n) is 0.272. The third-order valence-corrected chi connectivity index (χ3v) is 60.7. The van der Waals surface area contributed by atoms with E-state index in [1.54, 1.807) is 0 Å². The molecule has 0 aromatic carbocycles. The van der Waals surface area contributed by atoms with E-state index in [1.807, 2.05) is 0 Å². The third kappa shape index (κ3) is 17.3. The summed E-state index contributed by atoms with van der Waals surface area (Å²) < 4.78 is 0. The molecule has 8 heteroatoms. The maximum absolute atomic E-state index is 3.08. The molecule has 0 unspecified atom stereocenters. The molecule has 0 saturated carbocycles. The fourth-order valence-corrected chi connectivity index (χ4v) is 85.9. The van der Waals surface area contributed by atoms with Crippen LogP contribution < -0.4 is 59.1 Å². The molecule has 0 atom stereocenters. The molecule has 0 bridgehead atoms. The van der Waals surface area contributed by atoms with Crippen LogP contribution in [0, 0.1) is 0 Å². The summed E-state index contributed by atoms with van der Waals surface area (Å²) in [5, 5.41) is 0. The van der Waals surface area contributed by atoms with Crippen LogP contribution in [0.4, 0.5) is 0 Å². The van der Waals surface area contributed by atoms with Gasteiger partial charge in [-0.15, -0.1) is 0 Å². The fraction of sp³-hybridized carbons (Fsp3) is 0. The maximum atomic E-state index is 3.08. The quantitative estimate of drug-likeness (QED) is 0.257. The average molecular weight is 520 g/mol. The summed E-state index contributed by atoms with van der Waals surface area (Å²) in [6.45, 7) is 0. The Morgan fingerprint density at radius 3 is 1.12 bits per heavy atom. The van der Waals surface area contributed by atoms with E-state index in [2.05, 4.69) is 28.4 Å². The molecule has 8 heavy (non-hydrogen) atoms. The number of hydrogen-bond acceptors (Lipinski definition) is 0. The van der Waals surface area contributed by atoms with Gasteiger partial charge in [0.15, 0.2) is 0 Å². The normalized spacial score (nSPS) is 6.75. The summed E-state index contributed by atoms with van der Waals surface area (Å²) in [7, 11) is 0. The first-order chi connectivity index (χ1) is 2.91. The molecular weight excluding hydrogens is 520 g/mol. The van der Waals surface area contributed by atoms with Crippen LogP contribution >= 0.6 is 0 Å². The van der Waals surface area contributed by atoms with Crippen molar-refractivity contribution in [2.45, 2.75) is 0 Å². The van der Waals surface area contributed by atoms with Crippen LogP contribution in [-0.2, 0) is 0 Å². The SMILES string of the molecule is [Na+].[Na+].[Se-][Se][Se][Se][Se][Se-]. The first-order valence-corrected chi connectivity index (χ1v) is 22.5. The summed E-state index contributed by atoms with van der Waals surface area (Å²) in [5.41, 5.74) is 0. The standard InChI is InChI=1S/2Na.H2Se6/c;;1-3-5-6-4-2/h;;1-2H/q2*+1;/p-2. The van der Waals surface area contributed by atoms with Crippen molar-refractivity contribution in [3.63, 3.8) is 0 Å². The van der Waals surface area contributed by atoms with Gasteiger partial charge in [-0.3, -0.25) is 0 Å². The summed E-state index contributed by atoms with van der Waals surface area (Å²) in [6.07, 6.45) is 0. The van der Waals surface area contributed by atoms with Crippen molar-refractivity contribution in [1.82, 2.24) is 0 Å². The molecule has 0 N–H and O–H groups in total. The van der Waals surface area contributed by atoms with Crippen molar-refractivity contribution in [2.75, 3.05) is 0 Å². The summed E-state index contributed by atoms with van der Waals surface area (Å²) >= 11 is 10.0. The van der Waals surface area contributed by atoms with Gasteiger partial charge in [0.05, 0.1) is 0 Å². The van der Waals surface area contributed by atoms with E-state index in [9.17, 15) is 0 Å². The summed E-state index contributed by atoms with van der Waals surface area (Å²) in [4.78, 5) is 0. The second kappa shape index (κ2) is 18.0. The van der Waals surface area contributed by atoms with Crippen LogP contribution in [0.15, 0.2) is 0 Å². The van der Waals surface area contributed by atoms with Gasteiger partial charge in [0.25, 0.3) is 0 Å². The Morgan fingerprint density at radius 1 is 0.750 bits per heavy atom. The van der Waals surface area contributed by atoms with Crippen molar-refractivity contribution < 1.29 is 59.1 Å². The first kappa shape index (κ1) is 18.8. The van der Waals surface area contributed by atoms with E-state index in [0.717, 1.165) is 45.2 Å². The molecule has 0 amide bonds. The molecule has 0 aromatic rings. The van der Waals surface area contributed by atoms with Gasteiger partial charge < -0.3 is 0 Å². The van der Waals surface area contributed by atoms with Gasteiger partial charge in [0, 0.05) is 0 Å². The zero-order chi connectivity index (χ0) is 4.83. The van der Waals surface area contributed by atoms with Gasteiger partial charge in [-0.1, -0.05) is 0 Å². The molecule has 0 rings (SSSR count). The molecule has 38 valence electrons. The molecule has 0 aromatic heterocycles. The first-order valence-electron chi connectivity index (χ1n) is 0.833. The molecule has 0 saturated heterocycles. The fourth-order valence-electron chi connectivity index (χ4n) is 0.0227. The van der Waals surface area contributed by atoms with Crippen LogP contribution in [0.5, 0.6) is 0 Å². The molecule has 0 aliphatic heterocycles. The summed E-state index contributed by atoms with van der Waals surface area (Å²) in [5.74, 6) is 0. The minimum atomic E-state index is 0. The monoisotopic (exact) mass is 525 g/mol. The van der Waals surface area contributed by atoms with Gasteiger partial charge in [-0.05, 0) is 0 Å². The molecule has 0 nitrogen and oxygen atoms in total. The van der Waals surface area contributed by atoms with E-state index >= 15 is 0 Å². The van der Waals surface area contributed by atoms with Crippen LogP contribution in [0.25, 0.3) is 0 Å². The van der Waals surface area contributed by atoms with Gasteiger partial charge in [0.1, 0.15) is 0 Å². The zero-order valence-corrected chi connectivity index (χ0v) is 18.7. The van der Waals surface area contributed by atoms with Crippen molar-refractivity contribution in [2.24, 2.45) is 0 Å². The molecule has 0 heterocycles. The zero-order valence-electron chi connectivity index (χ0n) is 4.45. The van der Waals surface area contributed by atoms with Crippen molar-refractivity contribution in [1.29, 1.82) is 0 Å². The molecule has 0 aliphatic carbocycles. The van der Waals surface area contributed by atoms with Crippen molar-refractivity contribution in [3.05, 3.63) is 0 Å². The molecular formula is Na2Se6. The van der Waals surface area contributed by atoms with Crippen LogP contribution in [0.1, 0.15) is 0 Å². The Morgan fingerprint density at radius 2 is 1.00 bits per heavy atom.